The molecule has 0 spiro atoms. The number of amides is 1. The zero-order valence-corrected chi connectivity index (χ0v) is 24.9. The summed E-state index contributed by atoms with van der Waals surface area (Å²) in [5.74, 6) is 2.09. The van der Waals surface area contributed by atoms with Gasteiger partial charge in [-0.2, -0.15) is 0 Å². The van der Waals surface area contributed by atoms with E-state index in [1.807, 2.05) is 39.0 Å². The molecule has 0 fully saturated rings. The molecule has 3 aromatic carbocycles. The topological polar surface area (TPSA) is 83.5 Å². The Morgan fingerprint density at radius 1 is 0.714 bits per heavy atom. The van der Waals surface area contributed by atoms with E-state index in [-0.39, 0.29) is 5.91 Å². The molecular formula is C34H35NO7. The van der Waals surface area contributed by atoms with Gasteiger partial charge >= 0.3 is 5.97 Å². The highest BCUT2D eigenvalue weighted by Crippen LogP contribution is 2.41. The molecule has 1 heterocycles. The molecule has 0 aromatic heterocycles. The van der Waals surface area contributed by atoms with Crippen molar-refractivity contribution in [2.24, 2.45) is 0 Å². The molecule has 0 bridgehead atoms. The molecule has 42 heavy (non-hydrogen) atoms. The maximum atomic E-state index is 13.6. The van der Waals surface area contributed by atoms with Crippen LogP contribution in [0.15, 0.2) is 72.8 Å². The van der Waals surface area contributed by atoms with Crippen LogP contribution in [0.25, 0.3) is 17.7 Å². The van der Waals surface area contributed by atoms with E-state index >= 15 is 0 Å². The summed E-state index contributed by atoms with van der Waals surface area (Å²) in [7, 11) is 6.28. The number of esters is 1. The summed E-state index contributed by atoms with van der Waals surface area (Å²) in [5.41, 5.74) is 3.34. The van der Waals surface area contributed by atoms with Gasteiger partial charge in [0.25, 0.3) is 5.91 Å². The van der Waals surface area contributed by atoms with Crippen molar-refractivity contribution in [3.05, 3.63) is 89.5 Å². The molecule has 0 saturated heterocycles. The van der Waals surface area contributed by atoms with Gasteiger partial charge in [-0.15, -0.1) is 0 Å². The summed E-state index contributed by atoms with van der Waals surface area (Å²) >= 11 is 0. The summed E-state index contributed by atoms with van der Waals surface area (Å²) in [6.45, 7) is 5.93. The predicted molar refractivity (Wildman–Crippen MR) is 164 cm³/mol. The molecule has 8 nitrogen and oxygen atoms in total. The first-order valence-electron chi connectivity index (χ1n) is 13.3. The van der Waals surface area contributed by atoms with Crippen LogP contribution in [0.4, 0.5) is 5.69 Å². The minimum atomic E-state index is -0.596. The van der Waals surface area contributed by atoms with Crippen LogP contribution in [0.5, 0.6) is 28.7 Å². The highest BCUT2D eigenvalue weighted by molar-refractivity contribution is 6.08. The molecule has 0 radical (unpaired) electrons. The SMILES string of the molecule is COc1ccc(C=CC(=O)Oc2ccc3c(c2)C(C)=CC(C)(C)N3C(=O)C=Cc2ccc(OC)cc2OC)c(OC)c1. The average molecular weight is 570 g/mol. The number of hydrogen-bond acceptors (Lipinski definition) is 7. The van der Waals surface area contributed by atoms with E-state index in [0.29, 0.717) is 34.3 Å². The van der Waals surface area contributed by atoms with E-state index in [2.05, 4.69) is 0 Å². The molecule has 1 amide bonds. The molecule has 0 aliphatic carbocycles. The number of hydrogen-bond donors (Lipinski definition) is 0. The van der Waals surface area contributed by atoms with Crippen molar-refractivity contribution >= 4 is 35.3 Å². The van der Waals surface area contributed by atoms with Crippen LogP contribution in [0.3, 0.4) is 0 Å². The maximum absolute atomic E-state index is 13.6. The third kappa shape index (κ3) is 6.49. The van der Waals surface area contributed by atoms with Gasteiger partial charge in [0.1, 0.15) is 28.7 Å². The lowest BCUT2D eigenvalue weighted by Crippen LogP contribution is -2.48. The van der Waals surface area contributed by atoms with E-state index in [1.165, 1.54) is 12.2 Å². The second kappa shape index (κ2) is 12.7. The number of methoxy groups -OCH3 is 4. The second-order valence-corrected chi connectivity index (χ2v) is 10.1. The Morgan fingerprint density at radius 2 is 1.26 bits per heavy atom. The minimum absolute atomic E-state index is 0.205. The summed E-state index contributed by atoms with van der Waals surface area (Å²) in [6, 6.07) is 16.0. The quantitative estimate of drug-likeness (QED) is 0.163. The summed E-state index contributed by atoms with van der Waals surface area (Å²) in [6.07, 6.45) is 8.23. The fraction of sp³-hybridized carbons (Fsp3) is 0.235. The number of benzene rings is 3. The molecule has 218 valence electrons. The summed E-state index contributed by atoms with van der Waals surface area (Å²) in [4.78, 5) is 28.0. The first-order chi connectivity index (χ1) is 20.1. The lowest BCUT2D eigenvalue weighted by Gasteiger charge is -2.41. The van der Waals surface area contributed by atoms with Gasteiger partial charge in [-0.05, 0) is 81.0 Å². The van der Waals surface area contributed by atoms with Gasteiger partial charge in [-0.1, -0.05) is 6.08 Å². The van der Waals surface area contributed by atoms with E-state index < -0.39 is 11.5 Å². The van der Waals surface area contributed by atoms with Gasteiger partial charge in [0.15, 0.2) is 0 Å². The van der Waals surface area contributed by atoms with Crippen LogP contribution in [0.2, 0.25) is 0 Å². The third-order valence-electron chi connectivity index (χ3n) is 6.90. The zero-order chi connectivity index (χ0) is 30.4. The molecule has 4 rings (SSSR count). The normalized spacial score (nSPS) is 13.9. The van der Waals surface area contributed by atoms with Gasteiger partial charge in [0, 0.05) is 41.0 Å². The van der Waals surface area contributed by atoms with Gasteiger partial charge in [0.2, 0.25) is 0 Å². The number of carbonyl (C=O) groups is 2. The van der Waals surface area contributed by atoms with Crippen LogP contribution in [0.1, 0.15) is 37.5 Å². The maximum Gasteiger partial charge on any atom is 0.336 e. The number of anilines is 1. The minimum Gasteiger partial charge on any atom is -0.497 e. The van der Waals surface area contributed by atoms with Crippen molar-refractivity contribution in [1.29, 1.82) is 0 Å². The van der Waals surface area contributed by atoms with E-state index in [0.717, 1.165) is 22.4 Å². The Morgan fingerprint density at radius 3 is 1.81 bits per heavy atom. The number of allylic oxidation sites excluding steroid dienone is 1. The smallest absolute Gasteiger partial charge is 0.336 e. The monoisotopic (exact) mass is 569 g/mol. The lowest BCUT2D eigenvalue weighted by molar-refractivity contribution is -0.128. The van der Waals surface area contributed by atoms with Crippen LogP contribution < -0.4 is 28.6 Å². The Labute approximate surface area is 246 Å². The van der Waals surface area contributed by atoms with Gasteiger partial charge in [-0.25, -0.2) is 4.79 Å². The number of rotatable bonds is 9. The molecule has 3 aromatic rings. The van der Waals surface area contributed by atoms with Crippen LogP contribution >= 0.6 is 0 Å². The van der Waals surface area contributed by atoms with E-state index in [9.17, 15) is 9.59 Å². The van der Waals surface area contributed by atoms with Gasteiger partial charge in [0.05, 0.1) is 39.7 Å². The highest BCUT2D eigenvalue weighted by atomic mass is 16.5. The van der Waals surface area contributed by atoms with Gasteiger partial charge < -0.3 is 23.7 Å². The molecule has 0 N–H and O–H groups in total. The largest absolute Gasteiger partial charge is 0.497 e. The van der Waals surface area contributed by atoms with Crippen molar-refractivity contribution in [3.63, 3.8) is 0 Å². The van der Waals surface area contributed by atoms with Crippen LogP contribution in [0, 0.1) is 0 Å². The van der Waals surface area contributed by atoms with Crippen LogP contribution in [-0.4, -0.2) is 45.9 Å². The highest BCUT2D eigenvalue weighted by Gasteiger charge is 2.35. The van der Waals surface area contributed by atoms with Crippen molar-refractivity contribution in [2.75, 3.05) is 33.3 Å². The second-order valence-electron chi connectivity index (χ2n) is 10.1. The van der Waals surface area contributed by atoms with Crippen molar-refractivity contribution in [2.45, 2.75) is 26.3 Å². The number of nitrogens with zero attached hydrogens (tertiary/aromatic N) is 1. The Balaban J connectivity index is 1.56. The first-order valence-corrected chi connectivity index (χ1v) is 13.3. The van der Waals surface area contributed by atoms with Crippen molar-refractivity contribution < 1.29 is 33.3 Å². The van der Waals surface area contributed by atoms with Crippen molar-refractivity contribution in [1.82, 2.24) is 0 Å². The van der Waals surface area contributed by atoms with Crippen LogP contribution in [-0.2, 0) is 9.59 Å². The molecule has 0 unspecified atom stereocenters. The lowest BCUT2D eigenvalue weighted by atomic mass is 9.88. The number of fused-ring (bicyclic) bond motifs is 1. The molecule has 1 aliphatic heterocycles. The fourth-order valence-electron chi connectivity index (χ4n) is 4.93. The Bertz CT molecular complexity index is 1580. The molecular weight excluding hydrogens is 534 g/mol. The molecule has 1 aliphatic rings. The fourth-order valence-corrected chi connectivity index (χ4v) is 4.93. The predicted octanol–water partition coefficient (Wildman–Crippen LogP) is 6.58. The number of ether oxygens (including phenoxy) is 5. The standard InChI is InChI=1S/C34H35NO7/c1-22-21-34(2,3)35(32(36)16-10-23-8-12-25(38-4)19-30(23)40-6)29-15-14-27(18-28(22)29)42-33(37)17-11-24-9-13-26(39-5)20-31(24)41-7/h8-21H,1-7H3. The van der Waals surface area contributed by atoms with Gasteiger partial charge in [-0.3, -0.25) is 9.69 Å². The Kier molecular flexibility index (Phi) is 9.06. The number of carbonyl (C=O) groups excluding carboxylic acids is 2. The van der Waals surface area contributed by atoms with Crippen molar-refractivity contribution in [3.8, 4) is 28.7 Å². The molecule has 8 heteroatoms. The zero-order valence-electron chi connectivity index (χ0n) is 24.9. The Hall–Kier alpha value is -4.98. The summed E-state index contributed by atoms with van der Waals surface area (Å²) < 4.78 is 26.9. The van der Waals surface area contributed by atoms with E-state index in [1.54, 1.807) is 88.0 Å². The van der Waals surface area contributed by atoms with E-state index in [4.69, 9.17) is 23.7 Å². The summed E-state index contributed by atoms with van der Waals surface area (Å²) in [5, 5.41) is 0. The third-order valence-corrected chi connectivity index (χ3v) is 6.90. The molecule has 0 atom stereocenters. The average Bonchev–Trinajstić information content (AvgIpc) is 2.98. The molecule has 0 saturated carbocycles. The first kappa shape index (κ1) is 30.0.